The summed E-state index contributed by atoms with van der Waals surface area (Å²) in [5.74, 6) is -0.855. The van der Waals surface area contributed by atoms with Crippen LogP contribution in [0.3, 0.4) is 0 Å². The van der Waals surface area contributed by atoms with E-state index in [1.165, 1.54) is 11.8 Å². The highest BCUT2D eigenvalue weighted by Crippen LogP contribution is 2.44. The Balaban J connectivity index is 2.08. The third kappa shape index (κ3) is 3.35. The Kier molecular flexibility index (Phi) is 4.77. The van der Waals surface area contributed by atoms with E-state index in [0.29, 0.717) is 5.56 Å². The number of hydrogen-bond acceptors (Lipinski definition) is 3. The van der Waals surface area contributed by atoms with Crippen molar-refractivity contribution in [3.05, 3.63) is 78.4 Å². The van der Waals surface area contributed by atoms with Crippen LogP contribution in [0.1, 0.15) is 19.4 Å². The van der Waals surface area contributed by atoms with Crippen LogP contribution in [0.5, 0.6) is 0 Å². The quantitative estimate of drug-likeness (QED) is 0.400. The number of carbonyl (C=O) groups is 1. The van der Waals surface area contributed by atoms with Crippen LogP contribution in [0.25, 0.3) is 32.7 Å². The number of rotatable bonds is 4. The molecule has 0 heterocycles. The molecule has 4 aromatic carbocycles. The lowest BCUT2D eigenvalue weighted by atomic mass is 9.92. The van der Waals surface area contributed by atoms with Crippen LogP contribution < -0.4 is 0 Å². The van der Waals surface area contributed by atoms with Gasteiger partial charge in [-0.25, -0.2) is 0 Å². The minimum Gasteiger partial charge on any atom is -0.480 e. The van der Waals surface area contributed by atoms with Crippen molar-refractivity contribution in [1.29, 1.82) is 5.26 Å². The number of benzene rings is 4. The standard InChI is InChI=1S/C25H19NO2S/c1-25(2,24(27)28)29-22-14-12-16-7-3-4-9-19(16)23(22)21-13-11-17(15-26)18-8-5-6-10-20(18)21/h3-14H,1-2H3,(H,27,28). The molecule has 0 aliphatic rings. The van der Waals surface area contributed by atoms with Gasteiger partial charge in [-0.15, -0.1) is 11.8 Å². The molecule has 0 aliphatic carbocycles. The summed E-state index contributed by atoms with van der Waals surface area (Å²) in [4.78, 5) is 12.7. The largest absolute Gasteiger partial charge is 0.480 e. The van der Waals surface area contributed by atoms with Crippen LogP contribution in [0.4, 0.5) is 0 Å². The predicted molar refractivity (Wildman–Crippen MR) is 119 cm³/mol. The first-order chi connectivity index (χ1) is 13.9. The number of carboxylic acid groups (broad SMARTS) is 1. The maximum absolute atomic E-state index is 11.8. The first-order valence-corrected chi connectivity index (χ1v) is 10.1. The number of aliphatic carboxylic acids is 1. The highest BCUT2D eigenvalue weighted by molar-refractivity contribution is 8.01. The molecule has 0 spiro atoms. The van der Waals surface area contributed by atoms with Gasteiger partial charge in [0, 0.05) is 15.8 Å². The molecule has 0 saturated carbocycles. The monoisotopic (exact) mass is 397 g/mol. The lowest BCUT2D eigenvalue weighted by Gasteiger charge is -2.22. The SMILES string of the molecule is CC(C)(Sc1ccc2ccccc2c1-c1ccc(C#N)c2ccccc12)C(=O)O. The van der Waals surface area contributed by atoms with Crippen LogP contribution >= 0.6 is 11.8 Å². The molecule has 0 amide bonds. The van der Waals surface area contributed by atoms with Crippen LogP contribution in [-0.2, 0) is 4.79 Å². The molecule has 4 rings (SSSR count). The molecule has 4 heteroatoms. The van der Waals surface area contributed by atoms with Gasteiger partial charge in [0.15, 0.2) is 0 Å². The smallest absolute Gasteiger partial charge is 0.319 e. The molecular formula is C25H19NO2S. The van der Waals surface area contributed by atoms with Crippen molar-refractivity contribution in [2.24, 2.45) is 0 Å². The summed E-state index contributed by atoms with van der Waals surface area (Å²) in [6.07, 6.45) is 0. The second kappa shape index (κ2) is 7.27. The second-order valence-electron chi connectivity index (χ2n) is 7.40. The molecule has 0 atom stereocenters. The van der Waals surface area contributed by atoms with Crippen molar-refractivity contribution in [2.75, 3.05) is 0 Å². The third-order valence-corrected chi connectivity index (χ3v) is 6.33. The zero-order valence-corrected chi connectivity index (χ0v) is 17.0. The molecule has 0 radical (unpaired) electrons. The minimum atomic E-state index is -0.973. The van der Waals surface area contributed by atoms with E-state index in [1.807, 2.05) is 60.7 Å². The topological polar surface area (TPSA) is 61.1 Å². The summed E-state index contributed by atoms with van der Waals surface area (Å²) < 4.78 is -0.973. The Hall–Kier alpha value is -3.29. The van der Waals surface area contributed by atoms with Crippen molar-refractivity contribution in [2.45, 2.75) is 23.5 Å². The average molecular weight is 397 g/mol. The van der Waals surface area contributed by atoms with E-state index >= 15 is 0 Å². The van der Waals surface area contributed by atoms with E-state index in [1.54, 1.807) is 13.8 Å². The molecule has 0 aromatic heterocycles. The number of carboxylic acids is 1. The number of hydrogen-bond donors (Lipinski definition) is 1. The van der Waals surface area contributed by atoms with Gasteiger partial charge >= 0.3 is 5.97 Å². The summed E-state index contributed by atoms with van der Waals surface area (Å²) in [5.41, 5.74) is 2.63. The molecule has 29 heavy (non-hydrogen) atoms. The Labute approximate surface area is 173 Å². The van der Waals surface area contributed by atoms with Crippen molar-refractivity contribution >= 4 is 39.3 Å². The van der Waals surface area contributed by atoms with E-state index in [4.69, 9.17) is 0 Å². The van der Waals surface area contributed by atoms with Crippen LogP contribution in [0.2, 0.25) is 0 Å². The van der Waals surface area contributed by atoms with Gasteiger partial charge in [0.25, 0.3) is 0 Å². The molecule has 142 valence electrons. The number of nitrogens with zero attached hydrogens (tertiary/aromatic N) is 1. The van der Waals surface area contributed by atoms with Gasteiger partial charge in [-0.3, -0.25) is 4.79 Å². The van der Waals surface area contributed by atoms with E-state index in [-0.39, 0.29) is 0 Å². The number of fused-ring (bicyclic) bond motifs is 2. The highest BCUT2D eigenvalue weighted by atomic mass is 32.2. The Morgan fingerprint density at radius 1 is 0.897 bits per heavy atom. The van der Waals surface area contributed by atoms with Gasteiger partial charge in [0.2, 0.25) is 0 Å². The Morgan fingerprint density at radius 2 is 1.55 bits per heavy atom. The molecule has 0 aliphatic heterocycles. The summed E-state index contributed by atoms with van der Waals surface area (Å²) in [5, 5.41) is 23.2. The Morgan fingerprint density at radius 3 is 2.24 bits per heavy atom. The fraction of sp³-hybridized carbons (Fsp3) is 0.120. The fourth-order valence-electron chi connectivity index (χ4n) is 3.55. The molecule has 0 saturated heterocycles. The Bertz CT molecular complexity index is 1300. The van der Waals surface area contributed by atoms with Gasteiger partial charge in [0.05, 0.1) is 11.6 Å². The normalized spacial score (nSPS) is 11.5. The zero-order valence-electron chi connectivity index (χ0n) is 16.1. The van der Waals surface area contributed by atoms with Gasteiger partial charge in [-0.1, -0.05) is 60.7 Å². The van der Waals surface area contributed by atoms with Crippen LogP contribution in [0.15, 0.2) is 77.7 Å². The molecule has 3 nitrogen and oxygen atoms in total. The van der Waals surface area contributed by atoms with Crippen LogP contribution in [0, 0.1) is 11.3 Å². The second-order valence-corrected chi connectivity index (χ2v) is 9.06. The molecule has 0 unspecified atom stereocenters. The summed E-state index contributed by atoms with van der Waals surface area (Å²) >= 11 is 1.34. The van der Waals surface area contributed by atoms with Gasteiger partial charge in [-0.2, -0.15) is 5.26 Å². The lowest BCUT2D eigenvalue weighted by molar-refractivity contribution is -0.138. The number of nitriles is 1. The first kappa shape index (κ1) is 19.0. The summed E-state index contributed by atoms with van der Waals surface area (Å²) in [6.45, 7) is 3.44. The molecule has 4 aromatic rings. The third-order valence-electron chi connectivity index (χ3n) is 5.08. The van der Waals surface area contributed by atoms with Crippen molar-refractivity contribution in [3.8, 4) is 17.2 Å². The molecular weight excluding hydrogens is 378 g/mol. The van der Waals surface area contributed by atoms with Crippen molar-refractivity contribution in [3.63, 3.8) is 0 Å². The van der Waals surface area contributed by atoms with E-state index in [9.17, 15) is 15.2 Å². The lowest BCUT2D eigenvalue weighted by Crippen LogP contribution is -2.27. The predicted octanol–water partition coefficient (Wildman–Crippen LogP) is 6.49. The average Bonchev–Trinajstić information content (AvgIpc) is 2.73. The van der Waals surface area contributed by atoms with E-state index in [0.717, 1.165) is 37.6 Å². The molecule has 0 fully saturated rings. The van der Waals surface area contributed by atoms with Crippen molar-refractivity contribution < 1.29 is 9.90 Å². The van der Waals surface area contributed by atoms with Crippen molar-refractivity contribution in [1.82, 2.24) is 0 Å². The minimum absolute atomic E-state index is 0.629. The first-order valence-electron chi connectivity index (χ1n) is 9.29. The fourth-order valence-corrected chi connectivity index (χ4v) is 4.64. The van der Waals surface area contributed by atoms with E-state index < -0.39 is 10.7 Å². The van der Waals surface area contributed by atoms with Crippen LogP contribution in [-0.4, -0.2) is 15.8 Å². The summed E-state index contributed by atoms with van der Waals surface area (Å²) in [6, 6.07) is 26.1. The maximum atomic E-state index is 11.8. The highest BCUT2D eigenvalue weighted by Gasteiger charge is 2.30. The van der Waals surface area contributed by atoms with Gasteiger partial charge in [-0.05, 0) is 47.7 Å². The number of thioether (sulfide) groups is 1. The summed E-state index contributed by atoms with van der Waals surface area (Å²) in [7, 11) is 0. The molecule has 1 N–H and O–H groups in total. The van der Waals surface area contributed by atoms with E-state index in [2.05, 4.69) is 18.2 Å². The zero-order chi connectivity index (χ0) is 20.6. The molecule has 0 bridgehead atoms. The maximum Gasteiger partial charge on any atom is 0.319 e. The van der Waals surface area contributed by atoms with Gasteiger partial charge in [0.1, 0.15) is 4.75 Å². The van der Waals surface area contributed by atoms with Gasteiger partial charge < -0.3 is 5.11 Å².